The second-order valence-corrected chi connectivity index (χ2v) is 3.25. The van der Waals surface area contributed by atoms with Gasteiger partial charge in [0.15, 0.2) is 0 Å². The molecule has 0 aliphatic carbocycles. The maximum Gasteiger partial charge on any atom is 0.338 e. The summed E-state index contributed by atoms with van der Waals surface area (Å²) in [5, 5.41) is 18.0. The van der Waals surface area contributed by atoms with Crippen LogP contribution in [0.15, 0.2) is 16.6 Å². The molecule has 1 N–H and O–H groups in total. The zero-order valence-corrected chi connectivity index (χ0v) is 8.83. The van der Waals surface area contributed by atoms with E-state index in [1.807, 2.05) is 6.07 Å². The van der Waals surface area contributed by atoms with Gasteiger partial charge in [-0.15, -0.1) is 0 Å². The number of phenolic OH excluding ortho intramolecular Hbond substituents is 1. The zero-order chi connectivity index (χ0) is 10.7. The molecule has 14 heavy (non-hydrogen) atoms. The molecule has 0 heterocycles. The Balaban J connectivity index is 3.32. The summed E-state index contributed by atoms with van der Waals surface area (Å²) in [5.74, 6) is -0.756. The second-order valence-electron chi connectivity index (χ2n) is 2.46. The topological polar surface area (TPSA) is 70.3 Å². The van der Waals surface area contributed by atoms with E-state index in [1.54, 1.807) is 0 Å². The summed E-state index contributed by atoms with van der Waals surface area (Å²) in [5.41, 5.74) is 0.329. The van der Waals surface area contributed by atoms with Crippen molar-refractivity contribution in [1.29, 1.82) is 5.26 Å². The van der Waals surface area contributed by atoms with Gasteiger partial charge in [-0.1, -0.05) is 0 Å². The lowest BCUT2D eigenvalue weighted by molar-refractivity contribution is 0.0600. The van der Waals surface area contributed by atoms with Gasteiger partial charge in [-0.3, -0.25) is 0 Å². The van der Waals surface area contributed by atoms with E-state index in [0.717, 1.165) is 0 Å². The van der Waals surface area contributed by atoms with Crippen LogP contribution in [-0.2, 0) is 4.74 Å². The van der Waals surface area contributed by atoms with Crippen molar-refractivity contribution in [2.24, 2.45) is 0 Å². The first-order valence-corrected chi connectivity index (χ1v) is 4.40. The van der Waals surface area contributed by atoms with Crippen LogP contribution in [0.1, 0.15) is 15.9 Å². The fraction of sp³-hybridized carbons (Fsp3) is 0.111. The molecule has 4 nitrogen and oxygen atoms in total. The SMILES string of the molecule is COC(=O)c1cc(O)c(Br)c(C#N)c1. The third kappa shape index (κ3) is 1.86. The summed E-state index contributed by atoms with van der Waals surface area (Å²) in [7, 11) is 1.23. The van der Waals surface area contributed by atoms with Crippen LogP contribution < -0.4 is 0 Å². The highest BCUT2D eigenvalue weighted by Gasteiger charge is 2.12. The molecule has 0 atom stereocenters. The van der Waals surface area contributed by atoms with E-state index in [9.17, 15) is 9.90 Å². The number of hydrogen-bond acceptors (Lipinski definition) is 4. The average Bonchev–Trinajstić information content (AvgIpc) is 2.20. The van der Waals surface area contributed by atoms with E-state index >= 15 is 0 Å². The van der Waals surface area contributed by atoms with Crippen LogP contribution in [0.2, 0.25) is 0 Å². The summed E-state index contributed by atoms with van der Waals surface area (Å²) in [4.78, 5) is 11.1. The van der Waals surface area contributed by atoms with Gasteiger partial charge in [-0.25, -0.2) is 4.79 Å². The number of hydrogen-bond donors (Lipinski definition) is 1. The molecule has 0 fully saturated rings. The van der Waals surface area contributed by atoms with Gasteiger partial charge in [0, 0.05) is 0 Å². The molecule has 0 bridgehead atoms. The standard InChI is InChI=1S/C9H6BrNO3/c1-14-9(13)5-2-6(4-11)8(10)7(12)3-5/h2-3,12H,1H3. The van der Waals surface area contributed by atoms with Crippen molar-refractivity contribution in [1.82, 2.24) is 0 Å². The first-order chi connectivity index (χ1) is 6.60. The van der Waals surface area contributed by atoms with Gasteiger partial charge in [-0.2, -0.15) is 5.26 Å². The third-order valence-electron chi connectivity index (χ3n) is 1.59. The number of carbonyl (C=O) groups is 1. The number of benzene rings is 1. The lowest BCUT2D eigenvalue weighted by Gasteiger charge is -2.03. The number of aromatic hydroxyl groups is 1. The second kappa shape index (κ2) is 4.11. The number of carbonyl (C=O) groups excluding carboxylic acids is 1. The van der Waals surface area contributed by atoms with Gasteiger partial charge in [0.25, 0.3) is 0 Å². The molecule has 1 rings (SSSR count). The van der Waals surface area contributed by atoms with E-state index in [1.165, 1.54) is 19.2 Å². The van der Waals surface area contributed by atoms with Crippen molar-refractivity contribution in [2.75, 3.05) is 7.11 Å². The van der Waals surface area contributed by atoms with E-state index in [4.69, 9.17) is 5.26 Å². The molecular weight excluding hydrogens is 250 g/mol. The number of halogens is 1. The largest absolute Gasteiger partial charge is 0.507 e. The molecule has 0 radical (unpaired) electrons. The average molecular weight is 256 g/mol. The fourth-order valence-corrected chi connectivity index (χ4v) is 1.24. The molecule has 0 unspecified atom stereocenters. The molecule has 0 saturated carbocycles. The van der Waals surface area contributed by atoms with E-state index < -0.39 is 5.97 Å². The zero-order valence-electron chi connectivity index (χ0n) is 7.24. The Labute approximate surface area is 88.9 Å². The van der Waals surface area contributed by atoms with Gasteiger partial charge < -0.3 is 9.84 Å². The Morgan fingerprint density at radius 1 is 1.64 bits per heavy atom. The number of nitriles is 1. The van der Waals surface area contributed by atoms with Gasteiger partial charge in [0.05, 0.1) is 22.7 Å². The Morgan fingerprint density at radius 2 is 2.29 bits per heavy atom. The Kier molecular flexibility index (Phi) is 3.10. The predicted molar refractivity (Wildman–Crippen MR) is 51.9 cm³/mol. The summed E-state index contributed by atoms with van der Waals surface area (Å²) in [6, 6.07) is 4.42. The van der Waals surface area contributed by atoms with Crippen LogP contribution in [0.25, 0.3) is 0 Å². The lowest BCUT2D eigenvalue weighted by Crippen LogP contribution is -2.01. The minimum absolute atomic E-state index is 0.143. The molecule has 1 aromatic rings. The molecule has 0 spiro atoms. The van der Waals surface area contributed by atoms with Crippen LogP contribution in [0.5, 0.6) is 5.75 Å². The van der Waals surface area contributed by atoms with Crippen molar-refractivity contribution < 1.29 is 14.6 Å². The maximum atomic E-state index is 11.1. The summed E-state index contributed by atoms with van der Waals surface area (Å²) >= 11 is 3.02. The molecule has 1 aromatic carbocycles. The van der Waals surface area contributed by atoms with E-state index in [2.05, 4.69) is 20.7 Å². The van der Waals surface area contributed by atoms with Crippen LogP contribution in [0.3, 0.4) is 0 Å². The monoisotopic (exact) mass is 255 g/mol. The number of ether oxygens (including phenoxy) is 1. The first-order valence-electron chi connectivity index (χ1n) is 3.61. The molecular formula is C9H6BrNO3. The van der Waals surface area contributed by atoms with Crippen LogP contribution in [0, 0.1) is 11.3 Å². The Hall–Kier alpha value is -1.54. The molecule has 0 aliphatic rings. The highest BCUT2D eigenvalue weighted by molar-refractivity contribution is 9.10. The van der Waals surface area contributed by atoms with Crippen LogP contribution in [-0.4, -0.2) is 18.2 Å². The number of nitrogens with zero attached hydrogens (tertiary/aromatic N) is 1. The molecule has 0 aliphatic heterocycles. The van der Waals surface area contributed by atoms with Crippen molar-refractivity contribution in [3.63, 3.8) is 0 Å². The van der Waals surface area contributed by atoms with Crippen LogP contribution >= 0.6 is 15.9 Å². The van der Waals surface area contributed by atoms with Gasteiger partial charge in [0.1, 0.15) is 11.8 Å². The lowest BCUT2D eigenvalue weighted by atomic mass is 10.1. The van der Waals surface area contributed by atoms with Crippen molar-refractivity contribution in [3.05, 3.63) is 27.7 Å². The van der Waals surface area contributed by atoms with Crippen LogP contribution in [0.4, 0.5) is 0 Å². The summed E-state index contributed by atoms with van der Waals surface area (Å²) in [6.07, 6.45) is 0. The number of esters is 1. The minimum Gasteiger partial charge on any atom is -0.507 e. The van der Waals surface area contributed by atoms with Crippen molar-refractivity contribution in [3.8, 4) is 11.8 Å². The van der Waals surface area contributed by atoms with Crippen molar-refractivity contribution >= 4 is 21.9 Å². The highest BCUT2D eigenvalue weighted by atomic mass is 79.9. The molecule has 0 amide bonds. The normalized spacial score (nSPS) is 9.21. The Morgan fingerprint density at radius 3 is 2.79 bits per heavy atom. The smallest absolute Gasteiger partial charge is 0.338 e. The highest BCUT2D eigenvalue weighted by Crippen LogP contribution is 2.28. The Bertz CT molecular complexity index is 423. The van der Waals surface area contributed by atoms with E-state index in [-0.39, 0.29) is 21.3 Å². The number of rotatable bonds is 1. The number of phenols is 1. The first kappa shape index (κ1) is 10.5. The quantitative estimate of drug-likeness (QED) is 0.778. The molecule has 5 heteroatoms. The maximum absolute atomic E-state index is 11.1. The van der Waals surface area contributed by atoms with Gasteiger partial charge in [-0.05, 0) is 28.1 Å². The minimum atomic E-state index is -0.593. The van der Waals surface area contributed by atoms with Gasteiger partial charge >= 0.3 is 5.97 Å². The molecule has 0 aromatic heterocycles. The number of methoxy groups -OCH3 is 1. The fourth-order valence-electron chi connectivity index (χ4n) is 0.926. The summed E-state index contributed by atoms with van der Waals surface area (Å²) < 4.78 is 4.73. The van der Waals surface area contributed by atoms with Gasteiger partial charge in [0.2, 0.25) is 0 Å². The molecule has 0 saturated heterocycles. The van der Waals surface area contributed by atoms with E-state index in [0.29, 0.717) is 0 Å². The molecule has 72 valence electrons. The van der Waals surface area contributed by atoms with Crippen molar-refractivity contribution in [2.45, 2.75) is 0 Å². The third-order valence-corrected chi connectivity index (χ3v) is 2.43. The summed E-state index contributed by atoms with van der Waals surface area (Å²) in [6.45, 7) is 0. The predicted octanol–water partition coefficient (Wildman–Crippen LogP) is 1.81.